The second-order valence-corrected chi connectivity index (χ2v) is 4.50. The van der Waals surface area contributed by atoms with Gasteiger partial charge in [-0.15, -0.1) is 0 Å². The SMILES string of the molecule is C[Si](C)C.[NaH]. The summed E-state index contributed by atoms with van der Waals surface area (Å²) >= 11 is 0. The predicted molar refractivity (Wildman–Crippen MR) is 30.5 cm³/mol. The van der Waals surface area contributed by atoms with Crippen molar-refractivity contribution in [3.05, 3.63) is 0 Å². The van der Waals surface area contributed by atoms with E-state index < -0.39 is 0 Å². The van der Waals surface area contributed by atoms with Crippen LogP contribution in [-0.4, -0.2) is 38.4 Å². The first kappa shape index (κ1) is 9.52. The van der Waals surface area contributed by atoms with Crippen LogP contribution in [0.25, 0.3) is 0 Å². The maximum atomic E-state index is 2.27. The average molecular weight is 97.2 g/mol. The molecule has 0 aliphatic rings. The van der Waals surface area contributed by atoms with E-state index in [9.17, 15) is 0 Å². The molecule has 0 atom stereocenters. The van der Waals surface area contributed by atoms with Crippen molar-refractivity contribution >= 4 is 38.4 Å². The van der Waals surface area contributed by atoms with Gasteiger partial charge in [-0.2, -0.15) is 0 Å². The third-order valence-electron chi connectivity index (χ3n) is 0. The second-order valence-electron chi connectivity index (χ2n) is 1.50. The summed E-state index contributed by atoms with van der Waals surface area (Å²) in [6.07, 6.45) is 0. The standard InChI is InChI=1S/C3H9Si.Na.H/c1-4(2)3;;/h1-3H3;;. The number of rotatable bonds is 0. The second kappa shape index (κ2) is 5.22. The fourth-order valence-corrected chi connectivity index (χ4v) is 0. The van der Waals surface area contributed by atoms with Crippen LogP contribution in [0.15, 0.2) is 0 Å². The van der Waals surface area contributed by atoms with Crippen molar-refractivity contribution < 1.29 is 0 Å². The van der Waals surface area contributed by atoms with E-state index in [1.807, 2.05) is 0 Å². The minimum absolute atomic E-state index is 0. The van der Waals surface area contributed by atoms with E-state index in [0.717, 1.165) is 0 Å². The van der Waals surface area contributed by atoms with Gasteiger partial charge < -0.3 is 0 Å². The van der Waals surface area contributed by atoms with E-state index >= 15 is 0 Å². The molecule has 0 aliphatic heterocycles. The molecular weight excluding hydrogens is 87.1 g/mol. The van der Waals surface area contributed by atoms with Crippen LogP contribution >= 0.6 is 0 Å². The summed E-state index contributed by atoms with van der Waals surface area (Å²) < 4.78 is 0. The van der Waals surface area contributed by atoms with Gasteiger partial charge in [0.05, 0.1) is 0 Å². The fraction of sp³-hybridized carbons (Fsp3) is 1.00. The summed E-state index contributed by atoms with van der Waals surface area (Å²) in [5.74, 6) is 0. The first-order valence-electron chi connectivity index (χ1n) is 1.50. The molecule has 0 unspecified atom stereocenters. The van der Waals surface area contributed by atoms with Crippen LogP contribution in [0.3, 0.4) is 0 Å². The van der Waals surface area contributed by atoms with Gasteiger partial charge in [0.15, 0.2) is 0 Å². The van der Waals surface area contributed by atoms with Gasteiger partial charge in [0.25, 0.3) is 0 Å². The molecule has 2 heteroatoms. The molecule has 0 heterocycles. The van der Waals surface area contributed by atoms with Gasteiger partial charge in [0.2, 0.25) is 0 Å². The number of hydrogen-bond donors (Lipinski definition) is 0. The topological polar surface area (TPSA) is 0 Å². The Balaban J connectivity index is 0. The first-order valence-corrected chi connectivity index (χ1v) is 4.50. The third kappa shape index (κ3) is 36.5. The minimum atomic E-state index is 0. The van der Waals surface area contributed by atoms with E-state index in [0.29, 0.717) is 0 Å². The third-order valence-corrected chi connectivity index (χ3v) is 0. The Morgan fingerprint density at radius 2 is 1.00 bits per heavy atom. The molecule has 1 radical (unpaired) electrons. The monoisotopic (exact) mass is 97.0 g/mol. The summed E-state index contributed by atoms with van der Waals surface area (Å²) in [6, 6.07) is 0. The van der Waals surface area contributed by atoms with Crippen LogP contribution in [0.1, 0.15) is 0 Å². The molecule has 0 saturated heterocycles. The summed E-state index contributed by atoms with van der Waals surface area (Å²) in [5, 5.41) is 0. The first-order chi connectivity index (χ1) is 1.73. The number of hydrogen-bond acceptors (Lipinski definition) is 0. The van der Waals surface area contributed by atoms with Gasteiger partial charge in [-0.25, -0.2) is 0 Å². The molecule has 27 valence electrons. The summed E-state index contributed by atoms with van der Waals surface area (Å²) in [4.78, 5) is 0. The molecule has 0 saturated carbocycles. The Morgan fingerprint density at radius 3 is 1.00 bits per heavy atom. The molecule has 0 fully saturated rings. The van der Waals surface area contributed by atoms with Gasteiger partial charge in [-0.05, 0) is 0 Å². The van der Waals surface area contributed by atoms with Gasteiger partial charge in [0, 0.05) is 8.80 Å². The van der Waals surface area contributed by atoms with Gasteiger partial charge in [0.1, 0.15) is 0 Å². The molecule has 0 spiro atoms. The van der Waals surface area contributed by atoms with E-state index in [2.05, 4.69) is 19.6 Å². The fourth-order valence-electron chi connectivity index (χ4n) is 0. The maximum absolute atomic E-state index is 2.27. The van der Waals surface area contributed by atoms with Crippen molar-refractivity contribution in [2.75, 3.05) is 0 Å². The van der Waals surface area contributed by atoms with Gasteiger partial charge in [-0.3, -0.25) is 0 Å². The Bertz CT molecular complexity index is 11.6. The Hall–Kier alpha value is 1.22. The molecule has 0 aliphatic carbocycles. The summed E-state index contributed by atoms with van der Waals surface area (Å²) in [7, 11) is 0.120. The van der Waals surface area contributed by atoms with Crippen LogP contribution < -0.4 is 0 Å². The summed E-state index contributed by atoms with van der Waals surface area (Å²) in [5.41, 5.74) is 0. The molecular formula is C3H10NaSi. The van der Waals surface area contributed by atoms with E-state index in [1.54, 1.807) is 0 Å². The molecule has 0 bridgehead atoms. The van der Waals surface area contributed by atoms with Crippen LogP contribution in [0.4, 0.5) is 0 Å². The van der Waals surface area contributed by atoms with Crippen LogP contribution in [-0.2, 0) is 0 Å². The molecule has 0 rings (SSSR count). The molecule has 0 aromatic carbocycles. The van der Waals surface area contributed by atoms with Crippen molar-refractivity contribution in [1.29, 1.82) is 0 Å². The zero-order chi connectivity index (χ0) is 3.58. The van der Waals surface area contributed by atoms with E-state index in [4.69, 9.17) is 0 Å². The average Bonchev–Trinajstić information content (AvgIpc) is 0.811. The molecule has 5 heavy (non-hydrogen) atoms. The van der Waals surface area contributed by atoms with Crippen LogP contribution in [0.5, 0.6) is 0 Å². The Labute approximate surface area is 57.9 Å². The Kier molecular flexibility index (Phi) is 9.93. The van der Waals surface area contributed by atoms with Gasteiger partial charge in [-0.1, -0.05) is 19.6 Å². The zero-order valence-corrected chi connectivity index (χ0v) is 4.50. The molecule has 0 aromatic heterocycles. The van der Waals surface area contributed by atoms with Crippen LogP contribution in [0.2, 0.25) is 19.6 Å². The normalized spacial score (nSPS) is 7.20. The van der Waals surface area contributed by atoms with Crippen molar-refractivity contribution in [1.82, 2.24) is 0 Å². The van der Waals surface area contributed by atoms with Crippen molar-refractivity contribution in [3.63, 3.8) is 0 Å². The molecule has 0 N–H and O–H groups in total. The zero-order valence-electron chi connectivity index (χ0n) is 3.50. The molecule has 0 nitrogen and oxygen atoms in total. The van der Waals surface area contributed by atoms with Crippen molar-refractivity contribution in [2.45, 2.75) is 19.6 Å². The van der Waals surface area contributed by atoms with Gasteiger partial charge >= 0.3 is 29.6 Å². The molecule has 0 amide bonds. The van der Waals surface area contributed by atoms with Crippen molar-refractivity contribution in [2.24, 2.45) is 0 Å². The summed E-state index contributed by atoms with van der Waals surface area (Å²) in [6.45, 7) is 6.81. The van der Waals surface area contributed by atoms with Crippen LogP contribution in [0, 0.1) is 0 Å². The van der Waals surface area contributed by atoms with E-state index in [1.165, 1.54) is 0 Å². The molecule has 0 aromatic rings. The quantitative estimate of drug-likeness (QED) is 0.391. The van der Waals surface area contributed by atoms with E-state index in [-0.39, 0.29) is 38.4 Å². The predicted octanol–water partition coefficient (Wildman–Crippen LogP) is 0.722. The van der Waals surface area contributed by atoms with Crippen molar-refractivity contribution in [3.8, 4) is 0 Å². The Morgan fingerprint density at radius 1 is 1.00 bits per heavy atom.